The van der Waals surface area contributed by atoms with Gasteiger partial charge in [-0.3, -0.25) is 9.69 Å². The summed E-state index contributed by atoms with van der Waals surface area (Å²) in [6, 6.07) is 8.33. The Morgan fingerprint density at radius 3 is 3.13 bits per heavy atom. The predicted octanol–water partition coefficient (Wildman–Crippen LogP) is 3.55. The van der Waals surface area contributed by atoms with Gasteiger partial charge in [-0.05, 0) is 62.0 Å². The maximum atomic E-state index is 12.0. The van der Waals surface area contributed by atoms with Gasteiger partial charge in [-0.15, -0.1) is 11.3 Å². The van der Waals surface area contributed by atoms with Crippen LogP contribution in [0.5, 0.6) is 0 Å². The predicted molar refractivity (Wildman–Crippen MR) is 93.2 cm³/mol. The summed E-state index contributed by atoms with van der Waals surface area (Å²) in [4.78, 5) is 15.8. The second-order valence-corrected chi connectivity index (χ2v) is 6.92. The molecule has 23 heavy (non-hydrogen) atoms. The van der Waals surface area contributed by atoms with Crippen LogP contribution in [0.2, 0.25) is 0 Å². The Hall–Kier alpha value is -1.85. The minimum atomic E-state index is -0.0699. The molecular weight excluding hydrogens is 308 g/mol. The largest absolute Gasteiger partial charge is 0.465 e. The minimum absolute atomic E-state index is 0.0699. The Labute approximate surface area is 140 Å². The molecule has 3 rings (SSSR count). The number of furan rings is 1. The molecule has 2 aromatic rings. The number of carbonyl (C=O) groups excluding carboxylic acids is 1. The lowest BCUT2D eigenvalue weighted by molar-refractivity contribution is -0.116. The van der Waals surface area contributed by atoms with E-state index in [0.29, 0.717) is 24.3 Å². The van der Waals surface area contributed by atoms with Crippen LogP contribution in [-0.4, -0.2) is 30.9 Å². The highest BCUT2D eigenvalue weighted by Gasteiger charge is 2.31. The van der Waals surface area contributed by atoms with Crippen LogP contribution < -0.4 is 5.32 Å². The van der Waals surface area contributed by atoms with E-state index in [1.165, 1.54) is 17.4 Å². The van der Waals surface area contributed by atoms with Crippen molar-refractivity contribution in [1.29, 1.82) is 0 Å². The summed E-state index contributed by atoms with van der Waals surface area (Å²) < 4.78 is 5.19. The molecule has 1 aliphatic rings. The number of hydrogen-bond acceptors (Lipinski definition) is 4. The first-order valence-corrected chi connectivity index (χ1v) is 8.85. The second kappa shape index (κ2) is 7.62. The maximum absolute atomic E-state index is 12.0. The van der Waals surface area contributed by atoms with Gasteiger partial charge in [0.1, 0.15) is 5.76 Å². The number of rotatable bonds is 5. The van der Waals surface area contributed by atoms with E-state index in [4.69, 9.17) is 4.42 Å². The van der Waals surface area contributed by atoms with Gasteiger partial charge in [-0.25, -0.2) is 0 Å². The fourth-order valence-electron chi connectivity index (χ4n) is 3.22. The molecule has 122 valence electrons. The van der Waals surface area contributed by atoms with E-state index in [1.54, 1.807) is 29.7 Å². The van der Waals surface area contributed by atoms with Crippen LogP contribution in [0.4, 0.5) is 0 Å². The standard InChI is InChI=1S/C18H22N2O2S/c1-20-10-2-5-14(18(20)16-7-4-12-23-16)13-19-17(21)9-8-15-6-3-11-22-15/h3-4,6-9,11-12,14,18H,2,5,10,13H2,1H3,(H,19,21)/b9-8+. The van der Waals surface area contributed by atoms with Crippen LogP contribution in [0.25, 0.3) is 6.08 Å². The summed E-state index contributed by atoms with van der Waals surface area (Å²) in [7, 11) is 2.18. The fraction of sp³-hybridized carbons (Fsp3) is 0.389. The van der Waals surface area contributed by atoms with Crippen molar-refractivity contribution in [2.75, 3.05) is 20.1 Å². The highest BCUT2D eigenvalue weighted by molar-refractivity contribution is 7.10. The van der Waals surface area contributed by atoms with Crippen molar-refractivity contribution in [3.8, 4) is 0 Å². The van der Waals surface area contributed by atoms with Crippen molar-refractivity contribution in [3.05, 3.63) is 52.6 Å². The van der Waals surface area contributed by atoms with Crippen molar-refractivity contribution in [1.82, 2.24) is 10.2 Å². The molecule has 2 unspecified atom stereocenters. The van der Waals surface area contributed by atoms with E-state index in [9.17, 15) is 4.79 Å². The first-order chi connectivity index (χ1) is 11.2. The summed E-state index contributed by atoms with van der Waals surface area (Å²) in [5.74, 6) is 1.07. The van der Waals surface area contributed by atoms with E-state index in [2.05, 4.69) is 34.8 Å². The Morgan fingerprint density at radius 1 is 1.48 bits per heavy atom. The Bertz CT molecular complexity index is 634. The molecule has 1 saturated heterocycles. The zero-order valence-corrected chi connectivity index (χ0v) is 14.1. The lowest BCUT2D eigenvalue weighted by Crippen LogP contribution is -2.41. The lowest BCUT2D eigenvalue weighted by Gasteiger charge is -2.38. The normalized spacial score (nSPS) is 22.5. The number of likely N-dealkylation sites (tertiary alicyclic amines) is 1. The summed E-state index contributed by atoms with van der Waals surface area (Å²) >= 11 is 1.80. The molecule has 0 bridgehead atoms. The number of amides is 1. The zero-order chi connectivity index (χ0) is 16.1. The topological polar surface area (TPSA) is 45.5 Å². The van der Waals surface area contributed by atoms with Crippen LogP contribution >= 0.6 is 11.3 Å². The molecule has 0 aliphatic carbocycles. The van der Waals surface area contributed by atoms with Crippen molar-refractivity contribution in [2.24, 2.45) is 5.92 Å². The van der Waals surface area contributed by atoms with Crippen molar-refractivity contribution >= 4 is 23.3 Å². The highest BCUT2D eigenvalue weighted by Crippen LogP contribution is 2.36. The molecule has 1 amide bonds. The molecule has 1 N–H and O–H groups in total. The van der Waals surface area contributed by atoms with Gasteiger partial charge in [0.15, 0.2) is 0 Å². The Balaban J connectivity index is 1.58. The number of piperidine rings is 1. The van der Waals surface area contributed by atoms with Crippen LogP contribution in [0, 0.1) is 5.92 Å². The number of nitrogens with one attached hydrogen (secondary N) is 1. The van der Waals surface area contributed by atoms with Gasteiger partial charge in [0.2, 0.25) is 5.91 Å². The molecule has 3 heterocycles. The van der Waals surface area contributed by atoms with Gasteiger partial charge < -0.3 is 9.73 Å². The van der Waals surface area contributed by atoms with Gasteiger partial charge in [-0.1, -0.05) is 6.07 Å². The summed E-state index contributed by atoms with van der Waals surface area (Å²) in [5, 5.41) is 5.16. The Morgan fingerprint density at radius 2 is 2.39 bits per heavy atom. The third-order valence-corrected chi connectivity index (χ3v) is 5.27. The summed E-state index contributed by atoms with van der Waals surface area (Å²) in [6.45, 7) is 1.82. The summed E-state index contributed by atoms with van der Waals surface area (Å²) in [6.07, 6.45) is 7.15. The minimum Gasteiger partial charge on any atom is -0.465 e. The summed E-state index contributed by atoms with van der Waals surface area (Å²) in [5.41, 5.74) is 0. The molecule has 2 aromatic heterocycles. The average molecular weight is 330 g/mol. The van der Waals surface area contributed by atoms with E-state index >= 15 is 0 Å². The van der Waals surface area contributed by atoms with Gasteiger partial charge in [0.25, 0.3) is 0 Å². The molecule has 2 atom stereocenters. The molecule has 0 saturated carbocycles. The van der Waals surface area contributed by atoms with E-state index in [1.807, 2.05) is 6.07 Å². The zero-order valence-electron chi connectivity index (χ0n) is 13.3. The van der Waals surface area contributed by atoms with Crippen LogP contribution in [0.3, 0.4) is 0 Å². The van der Waals surface area contributed by atoms with Gasteiger partial charge in [-0.2, -0.15) is 0 Å². The SMILES string of the molecule is CN1CCCC(CNC(=O)/C=C/c2ccco2)C1c1cccs1. The number of hydrogen-bond donors (Lipinski definition) is 1. The van der Waals surface area contributed by atoms with Crippen LogP contribution in [0.15, 0.2) is 46.4 Å². The van der Waals surface area contributed by atoms with Gasteiger partial charge in [0, 0.05) is 23.5 Å². The smallest absolute Gasteiger partial charge is 0.244 e. The second-order valence-electron chi connectivity index (χ2n) is 5.94. The third-order valence-electron chi connectivity index (χ3n) is 4.32. The quantitative estimate of drug-likeness (QED) is 0.853. The third kappa shape index (κ3) is 4.12. The van der Waals surface area contributed by atoms with Crippen molar-refractivity contribution in [2.45, 2.75) is 18.9 Å². The molecule has 0 radical (unpaired) electrons. The van der Waals surface area contributed by atoms with Crippen LogP contribution in [-0.2, 0) is 4.79 Å². The number of carbonyl (C=O) groups is 1. The van der Waals surface area contributed by atoms with E-state index < -0.39 is 0 Å². The molecule has 4 nitrogen and oxygen atoms in total. The average Bonchev–Trinajstić information content (AvgIpc) is 3.24. The van der Waals surface area contributed by atoms with Crippen molar-refractivity contribution < 1.29 is 9.21 Å². The number of nitrogens with zero attached hydrogens (tertiary/aromatic N) is 1. The lowest BCUT2D eigenvalue weighted by atomic mass is 9.88. The first-order valence-electron chi connectivity index (χ1n) is 7.97. The molecular formula is C18H22N2O2S. The van der Waals surface area contributed by atoms with Crippen LogP contribution in [0.1, 0.15) is 29.5 Å². The van der Waals surface area contributed by atoms with Crippen molar-refractivity contribution in [3.63, 3.8) is 0 Å². The first kappa shape index (κ1) is 16.0. The van der Waals surface area contributed by atoms with E-state index in [-0.39, 0.29) is 5.91 Å². The van der Waals surface area contributed by atoms with Gasteiger partial charge >= 0.3 is 0 Å². The highest BCUT2D eigenvalue weighted by atomic mass is 32.1. The monoisotopic (exact) mass is 330 g/mol. The maximum Gasteiger partial charge on any atom is 0.244 e. The Kier molecular flexibility index (Phi) is 5.31. The fourth-order valence-corrected chi connectivity index (χ4v) is 4.20. The molecule has 0 spiro atoms. The molecule has 0 aromatic carbocycles. The number of thiophene rings is 1. The molecule has 1 aliphatic heterocycles. The molecule has 1 fully saturated rings. The van der Waals surface area contributed by atoms with E-state index in [0.717, 1.165) is 13.0 Å². The molecule has 5 heteroatoms. The van der Waals surface area contributed by atoms with Gasteiger partial charge in [0.05, 0.1) is 6.26 Å².